The van der Waals surface area contributed by atoms with Crippen molar-refractivity contribution in [3.05, 3.63) is 47.2 Å². The van der Waals surface area contributed by atoms with Gasteiger partial charge in [0.2, 0.25) is 35.4 Å². The fourth-order valence-corrected chi connectivity index (χ4v) is 7.40. The van der Waals surface area contributed by atoms with Crippen LogP contribution in [-0.2, 0) is 45.4 Å². The number of aliphatic hydroxyl groups excluding tert-OH is 3. The molecule has 24 nitrogen and oxygen atoms in total. The molecule has 70 heavy (non-hydrogen) atoms. The van der Waals surface area contributed by atoms with Gasteiger partial charge in [-0.1, -0.05) is 65.0 Å². The Hall–Kier alpha value is -5.76. The number of carbonyl (C=O) groups is 7. The predicted molar refractivity (Wildman–Crippen MR) is 264 cm³/mol. The first-order valence-electron chi connectivity index (χ1n) is 23.7. The summed E-state index contributed by atoms with van der Waals surface area (Å²) >= 11 is 0. The van der Waals surface area contributed by atoms with Crippen molar-refractivity contribution in [2.24, 2.45) is 39.6 Å². The molecular formula is C46H80N14O10. The third kappa shape index (κ3) is 20.7. The van der Waals surface area contributed by atoms with Gasteiger partial charge in [-0.3, -0.25) is 38.6 Å². The number of benzene rings is 1. The van der Waals surface area contributed by atoms with Gasteiger partial charge in [-0.25, -0.2) is 0 Å². The van der Waals surface area contributed by atoms with E-state index in [0.29, 0.717) is 19.3 Å². The summed E-state index contributed by atoms with van der Waals surface area (Å²) in [6.45, 7) is 9.69. The van der Waals surface area contributed by atoms with Crippen LogP contribution in [0.4, 0.5) is 0 Å². The zero-order chi connectivity index (χ0) is 52.7. The molecule has 1 aliphatic rings. The number of hydrogen-bond acceptors (Lipinski definition) is 15. The summed E-state index contributed by atoms with van der Waals surface area (Å²) in [6, 6.07) is -0.499. The average molecular weight is 989 g/mol. The maximum Gasteiger partial charge on any atom is 0.268 e. The first-order valence-corrected chi connectivity index (χ1v) is 23.7. The van der Waals surface area contributed by atoms with Crippen molar-refractivity contribution in [1.82, 2.24) is 42.5 Å². The van der Waals surface area contributed by atoms with Crippen molar-refractivity contribution in [3.8, 4) is 0 Å². The molecule has 1 aromatic rings. The molecule has 1 heterocycles. The fraction of sp³-hybridized carbons (Fsp3) is 0.652. The Kier molecular flexibility index (Phi) is 25.9. The summed E-state index contributed by atoms with van der Waals surface area (Å²) in [5, 5.41) is 53.9. The van der Waals surface area contributed by atoms with E-state index in [1.807, 2.05) is 38.1 Å². The molecule has 6 unspecified atom stereocenters. The number of carbonyl (C=O) groups excluding carboxylic acids is 7. The van der Waals surface area contributed by atoms with Crippen LogP contribution >= 0.6 is 0 Å². The lowest BCUT2D eigenvalue weighted by Gasteiger charge is -2.30. The lowest BCUT2D eigenvalue weighted by atomic mass is 9.86. The van der Waals surface area contributed by atoms with E-state index in [0.717, 1.165) is 11.1 Å². The molecular weight excluding hydrogens is 909 g/mol. The van der Waals surface area contributed by atoms with Crippen LogP contribution in [0.1, 0.15) is 91.2 Å². The number of aryl methyl sites for hydroxylation is 1. The topological polar surface area (TPSA) is 419 Å². The molecule has 24 heteroatoms. The van der Waals surface area contributed by atoms with E-state index in [-0.39, 0.29) is 68.3 Å². The SMILES string of the molecule is C/C=C1\NC(=O)C(NC(=O)CCCc2ccc(C(C)(C)C)cc2)C(O)CNC(=O)C(C(O)CN)NC(=O)C(C(O)CN)NC(=O)[C@H](CCCN=C(N)N)NC[C@H](CC(C)C)NC(=O)[C@H](CCN)NC1=O. The number of amides is 7. The molecule has 394 valence electrons. The highest BCUT2D eigenvalue weighted by Gasteiger charge is 2.37. The predicted octanol–water partition coefficient (Wildman–Crippen LogP) is -4.71. The minimum Gasteiger partial charge on any atom is -0.389 e. The van der Waals surface area contributed by atoms with Crippen molar-refractivity contribution in [1.29, 1.82) is 0 Å². The van der Waals surface area contributed by atoms with E-state index in [9.17, 15) is 48.9 Å². The van der Waals surface area contributed by atoms with E-state index >= 15 is 0 Å². The molecule has 0 spiro atoms. The molecule has 1 aromatic carbocycles. The second-order valence-corrected chi connectivity index (χ2v) is 18.8. The van der Waals surface area contributed by atoms with E-state index in [1.165, 1.54) is 13.0 Å². The molecule has 21 N–H and O–H groups in total. The van der Waals surface area contributed by atoms with Gasteiger partial charge in [-0.15, -0.1) is 0 Å². The zero-order valence-electron chi connectivity index (χ0n) is 41.4. The molecule has 0 aromatic heterocycles. The molecule has 1 aliphatic heterocycles. The van der Waals surface area contributed by atoms with Crippen molar-refractivity contribution in [2.45, 2.75) is 146 Å². The van der Waals surface area contributed by atoms with Crippen molar-refractivity contribution >= 4 is 47.3 Å². The van der Waals surface area contributed by atoms with Crippen molar-refractivity contribution < 1.29 is 48.9 Å². The molecule has 1 saturated heterocycles. The summed E-state index contributed by atoms with van der Waals surface area (Å²) in [5.74, 6) is -6.53. The number of hydrogen-bond donors (Lipinski definition) is 16. The van der Waals surface area contributed by atoms with Gasteiger partial charge in [0.15, 0.2) is 5.96 Å². The number of rotatable bonds is 17. The quantitative estimate of drug-likeness (QED) is 0.0302. The normalized spacial score (nSPS) is 24.5. The van der Waals surface area contributed by atoms with Gasteiger partial charge < -0.3 is 86.5 Å². The summed E-state index contributed by atoms with van der Waals surface area (Å²) in [4.78, 5) is 101. The third-order valence-electron chi connectivity index (χ3n) is 11.4. The molecule has 0 aliphatic carbocycles. The lowest BCUT2D eigenvalue weighted by Crippen LogP contribution is -2.64. The number of β-amino-alcohol motifs (C(OH)–C–C–N with tert-alkyl or cyclic N) is 1. The largest absolute Gasteiger partial charge is 0.389 e. The Labute approximate surface area is 410 Å². The molecule has 0 radical (unpaired) electrons. The maximum atomic E-state index is 14.0. The lowest BCUT2D eigenvalue weighted by molar-refractivity contribution is -0.137. The van der Waals surface area contributed by atoms with Gasteiger partial charge in [-0.2, -0.15) is 0 Å². The number of guanidine groups is 1. The number of aliphatic hydroxyl groups is 3. The summed E-state index contributed by atoms with van der Waals surface area (Å²) < 4.78 is 0. The summed E-state index contributed by atoms with van der Waals surface area (Å²) in [7, 11) is 0. The van der Waals surface area contributed by atoms with Gasteiger partial charge in [0.25, 0.3) is 5.91 Å². The molecule has 9 atom stereocenters. The van der Waals surface area contributed by atoms with Crippen LogP contribution in [-0.4, -0.2) is 156 Å². The van der Waals surface area contributed by atoms with E-state index in [1.54, 1.807) is 0 Å². The highest BCUT2D eigenvalue weighted by molar-refractivity contribution is 6.01. The van der Waals surface area contributed by atoms with Crippen LogP contribution in [0, 0.1) is 5.92 Å². The van der Waals surface area contributed by atoms with Gasteiger partial charge in [0, 0.05) is 45.2 Å². The van der Waals surface area contributed by atoms with Crippen molar-refractivity contribution in [3.63, 3.8) is 0 Å². The third-order valence-corrected chi connectivity index (χ3v) is 11.4. The van der Waals surface area contributed by atoms with Gasteiger partial charge in [-0.05, 0) is 74.5 Å². The van der Waals surface area contributed by atoms with Gasteiger partial charge >= 0.3 is 0 Å². The molecule has 0 saturated carbocycles. The average Bonchev–Trinajstić information content (AvgIpc) is 3.30. The Morgan fingerprint density at radius 2 is 1.41 bits per heavy atom. The van der Waals surface area contributed by atoms with Crippen LogP contribution in [0.15, 0.2) is 41.0 Å². The Morgan fingerprint density at radius 3 is 1.97 bits per heavy atom. The highest BCUT2D eigenvalue weighted by Crippen LogP contribution is 2.22. The smallest absolute Gasteiger partial charge is 0.268 e. The first-order chi connectivity index (χ1) is 32.9. The molecule has 0 bridgehead atoms. The number of nitrogens with zero attached hydrogens (tertiary/aromatic N) is 1. The number of aliphatic imine (C=N–C) groups is 1. The molecule has 1 fully saturated rings. The minimum atomic E-state index is -1.90. The second-order valence-electron chi connectivity index (χ2n) is 18.8. The Bertz CT molecular complexity index is 1940. The van der Waals surface area contributed by atoms with Crippen LogP contribution in [0.5, 0.6) is 0 Å². The van der Waals surface area contributed by atoms with Crippen LogP contribution in [0.3, 0.4) is 0 Å². The van der Waals surface area contributed by atoms with E-state index in [2.05, 4.69) is 68.3 Å². The monoisotopic (exact) mass is 989 g/mol. The van der Waals surface area contributed by atoms with Crippen molar-refractivity contribution in [2.75, 3.05) is 39.3 Å². The Morgan fingerprint density at radius 1 is 0.814 bits per heavy atom. The number of nitrogens with one attached hydrogen (secondary N) is 8. The minimum absolute atomic E-state index is 0.00707. The fourth-order valence-electron chi connectivity index (χ4n) is 7.40. The second kappa shape index (κ2) is 30.1. The zero-order valence-corrected chi connectivity index (χ0v) is 41.4. The Balaban J connectivity index is 2.62. The van der Waals surface area contributed by atoms with Gasteiger partial charge in [0.1, 0.15) is 36.0 Å². The van der Waals surface area contributed by atoms with E-state index < -0.39 is 116 Å². The first kappa shape index (κ1) is 60.4. The molecule has 2 rings (SSSR count). The van der Waals surface area contributed by atoms with Gasteiger partial charge in [0.05, 0.1) is 18.2 Å². The number of allylic oxidation sites excluding steroid dienone is 1. The standard InChI is InChI=1S/C46H80N14O10/c1-7-29-39(65)57-31(17-18-47)41(67)55-28(20-25(2)3)23-53-30(11-9-19-52-45(50)51)40(66)59-37(33(62)22-49)44(70)60-36(32(61)21-48)42(68)54-24-34(63)38(43(69)56-29)58-35(64)12-8-10-26-13-15-27(16-14-26)46(4,5)6/h7,13-16,25,28,30-34,36-38,53,61-63H,8-12,17-24,47-49H2,1-6H3,(H,54,68)(H,55,67)(H,56,69)(H,57,65)(H,58,64)(H,59,66)(H,60,70)(H4,50,51,52)/b29-7-/t28-,30-,31-,32?,33?,34?,36?,37?,38?/m0/s1. The molecule has 7 amide bonds. The van der Waals surface area contributed by atoms with Crippen LogP contribution in [0.25, 0.3) is 0 Å². The van der Waals surface area contributed by atoms with Crippen LogP contribution < -0.4 is 71.2 Å². The summed E-state index contributed by atoms with van der Waals surface area (Å²) in [5.41, 5.74) is 30.0. The highest BCUT2D eigenvalue weighted by atomic mass is 16.3. The summed E-state index contributed by atoms with van der Waals surface area (Å²) in [6.07, 6.45) is -2.70. The van der Waals surface area contributed by atoms with Crippen LogP contribution in [0.2, 0.25) is 0 Å². The number of nitrogens with two attached hydrogens (primary N) is 5. The van der Waals surface area contributed by atoms with E-state index in [4.69, 9.17) is 28.7 Å². The maximum absolute atomic E-state index is 14.0.